The van der Waals surface area contributed by atoms with Gasteiger partial charge in [0.25, 0.3) is 0 Å². The Labute approximate surface area is 173 Å². The molecule has 0 saturated carbocycles. The summed E-state index contributed by atoms with van der Waals surface area (Å²) in [5, 5.41) is 12.0. The van der Waals surface area contributed by atoms with Crippen LogP contribution in [0.3, 0.4) is 0 Å². The number of ether oxygens (including phenoxy) is 3. The van der Waals surface area contributed by atoms with E-state index in [-0.39, 0.29) is 12.3 Å². The van der Waals surface area contributed by atoms with Crippen LogP contribution in [0.25, 0.3) is 16.9 Å². The first-order chi connectivity index (χ1) is 14.8. The maximum Gasteiger partial charge on any atom is 0.162 e. The Kier molecular flexibility index (Phi) is 4.94. The van der Waals surface area contributed by atoms with E-state index in [1.165, 1.54) is 0 Å². The lowest BCUT2D eigenvalue weighted by Crippen LogP contribution is -2.20. The van der Waals surface area contributed by atoms with Gasteiger partial charge in [-0.05, 0) is 42.0 Å². The predicted molar refractivity (Wildman–Crippen MR) is 109 cm³/mol. The number of nitrogens with zero attached hydrogens (tertiary/aromatic N) is 4. The zero-order chi connectivity index (χ0) is 20.3. The van der Waals surface area contributed by atoms with Gasteiger partial charge in [-0.2, -0.15) is 5.10 Å². The lowest BCUT2D eigenvalue weighted by Gasteiger charge is -2.16. The van der Waals surface area contributed by atoms with Crippen LogP contribution in [-0.2, 0) is 4.74 Å². The monoisotopic (exact) mass is 406 g/mol. The molecule has 1 saturated heterocycles. The second-order valence-corrected chi connectivity index (χ2v) is 7.08. The molecule has 0 spiro atoms. The van der Waals surface area contributed by atoms with Crippen LogP contribution in [0.15, 0.2) is 65.2 Å². The van der Waals surface area contributed by atoms with Gasteiger partial charge in [-0.25, -0.2) is 4.68 Å². The van der Waals surface area contributed by atoms with Gasteiger partial charge in [-0.1, -0.05) is 22.6 Å². The van der Waals surface area contributed by atoms with Crippen molar-refractivity contribution in [2.24, 2.45) is 10.4 Å². The number of nitrogens with one attached hydrogen (secondary N) is 2. The highest BCUT2D eigenvalue weighted by Crippen LogP contribution is 2.34. The summed E-state index contributed by atoms with van der Waals surface area (Å²) in [6.45, 7) is 1.33. The summed E-state index contributed by atoms with van der Waals surface area (Å²) in [5.41, 5.74) is 9.74. The molecule has 1 fully saturated rings. The molecule has 30 heavy (non-hydrogen) atoms. The molecule has 154 valence electrons. The van der Waals surface area contributed by atoms with Crippen molar-refractivity contribution in [3.05, 3.63) is 60.3 Å². The Balaban J connectivity index is 1.43. The average molecular weight is 406 g/mol. The van der Waals surface area contributed by atoms with Crippen molar-refractivity contribution >= 4 is 0 Å². The normalized spacial score (nSPS) is 18.2. The average Bonchev–Trinajstić information content (AvgIpc) is 3.56. The zero-order valence-electron chi connectivity index (χ0n) is 16.5. The summed E-state index contributed by atoms with van der Waals surface area (Å²) in [7, 11) is 1.65. The summed E-state index contributed by atoms with van der Waals surface area (Å²) in [6, 6.07) is 16.0. The molecule has 1 aromatic heterocycles. The lowest BCUT2D eigenvalue weighted by atomic mass is 10.1. The van der Waals surface area contributed by atoms with Crippen molar-refractivity contribution in [1.29, 1.82) is 0 Å². The highest BCUT2D eigenvalue weighted by atomic mass is 16.6. The van der Waals surface area contributed by atoms with E-state index < -0.39 is 0 Å². The van der Waals surface area contributed by atoms with Gasteiger partial charge in [0, 0.05) is 12.0 Å². The van der Waals surface area contributed by atoms with Crippen molar-refractivity contribution < 1.29 is 14.2 Å². The molecular formula is C21H22N6O3. The summed E-state index contributed by atoms with van der Waals surface area (Å²) in [6.07, 6.45) is 2.60. The van der Waals surface area contributed by atoms with Crippen molar-refractivity contribution in [1.82, 2.24) is 20.6 Å². The van der Waals surface area contributed by atoms with Gasteiger partial charge in [0.2, 0.25) is 0 Å². The lowest BCUT2D eigenvalue weighted by molar-refractivity contribution is 0.138. The van der Waals surface area contributed by atoms with Crippen LogP contribution in [0, 0.1) is 0 Å². The molecule has 0 amide bonds. The molecule has 0 aliphatic carbocycles. The quantitative estimate of drug-likeness (QED) is 0.653. The van der Waals surface area contributed by atoms with Crippen LogP contribution in [0.2, 0.25) is 0 Å². The van der Waals surface area contributed by atoms with E-state index in [2.05, 4.69) is 26.4 Å². The number of hydrogen-bond acceptors (Lipinski definition) is 8. The fourth-order valence-electron chi connectivity index (χ4n) is 3.60. The van der Waals surface area contributed by atoms with E-state index in [4.69, 9.17) is 14.2 Å². The SMILES string of the molecule is COc1ccc(-c2ccnn2-c2ccc(C3NN=NN3)cc2)cc1O[C@@H]1CCOC1. The Morgan fingerprint density at radius 1 is 1.03 bits per heavy atom. The second-order valence-electron chi connectivity index (χ2n) is 7.08. The Hall–Kier alpha value is -3.59. The third-order valence-corrected chi connectivity index (χ3v) is 5.18. The van der Waals surface area contributed by atoms with Crippen LogP contribution >= 0.6 is 0 Å². The topological polar surface area (TPSA) is 94.3 Å². The molecule has 9 nitrogen and oxygen atoms in total. The Morgan fingerprint density at radius 2 is 1.87 bits per heavy atom. The van der Waals surface area contributed by atoms with E-state index in [0.717, 1.165) is 35.5 Å². The van der Waals surface area contributed by atoms with Crippen molar-refractivity contribution in [2.75, 3.05) is 20.3 Å². The molecule has 2 N–H and O–H groups in total. The van der Waals surface area contributed by atoms with Gasteiger partial charge >= 0.3 is 0 Å². The summed E-state index contributed by atoms with van der Waals surface area (Å²) < 4.78 is 19.0. The Bertz CT molecular complexity index is 1040. The van der Waals surface area contributed by atoms with E-state index in [1.54, 1.807) is 13.3 Å². The predicted octanol–water partition coefficient (Wildman–Crippen LogP) is 3.19. The number of rotatable bonds is 6. The van der Waals surface area contributed by atoms with Crippen LogP contribution in [-0.4, -0.2) is 36.2 Å². The first-order valence-electron chi connectivity index (χ1n) is 9.80. The van der Waals surface area contributed by atoms with Crippen molar-refractivity contribution in [3.63, 3.8) is 0 Å². The number of benzene rings is 2. The minimum absolute atomic E-state index is 0.0443. The third kappa shape index (κ3) is 3.55. The molecule has 0 radical (unpaired) electrons. The highest BCUT2D eigenvalue weighted by molar-refractivity contribution is 5.66. The molecule has 0 bridgehead atoms. The first-order valence-corrected chi connectivity index (χ1v) is 9.80. The standard InChI is InChI=1S/C21H22N6O3/c1-28-19-7-4-15(12-20(19)30-17-9-11-29-13-17)18-8-10-22-27(18)16-5-2-14(3-6-16)21-23-25-26-24-21/h2-8,10,12,17,21H,9,11,13H2,1H3,(H,23,26)(H,24,25)/t17-/m1/s1. The highest BCUT2D eigenvalue weighted by Gasteiger charge is 2.20. The number of hydrogen-bond donors (Lipinski definition) is 2. The first kappa shape index (κ1) is 18.4. The van der Waals surface area contributed by atoms with Gasteiger partial charge in [-0.3, -0.25) is 10.9 Å². The van der Waals surface area contributed by atoms with E-state index >= 15 is 0 Å². The Morgan fingerprint density at radius 3 is 2.60 bits per heavy atom. The van der Waals surface area contributed by atoms with Crippen LogP contribution < -0.4 is 20.3 Å². The van der Waals surface area contributed by atoms with Gasteiger partial charge in [0.05, 0.1) is 37.9 Å². The summed E-state index contributed by atoms with van der Waals surface area (Å²) in [4.78, 5) is 0. The molecule has 3 heterocycles. The van der Waals surface area contributed by atoms with Crippen LogP contribution in [0.1, 0.15) is 18.2 Å². The minimum Gasteiger partial charge on any atom is -0.493 e. The molecule has 2 aromatic carbocycles. The molecule has 1 atom stereocenters. The summed E-state index contributed by atoms with van der Waals surface area (Å²) >= 11 is 0. The van der Waals surface area contributed by atoms with E-state index in [9.17, 15) is 0 Å². The molecule has 2 aliphatic rings. The van der Waals surface area contributed by atoms with Crippen molar-refractivity contribution in [3.8, 4) is 28.4 Å². The molecule has 9 heteroatoms. The van der Waals surface area contributed by atoms with Crippen molar-refractivity contribution in [2.45, 2.75) is 18.7 Å². The van der Waals surface area contributed by atoms with E-state index in [1.807, 2.05) is 53.2 Å². The maximum absolute atomic E-state index is 6.14. The number of aromatic nitrogens is 2. The third-order valence-electron chi connectivity index (χ3n) is 5.18. The fraction of sp³-hybridized carbons (Fsp3) is 0.286. The molecular weight excluding hydrogens is 384 g/mol. The van der Waals surface area contributed by atoms with Gasteiger partial charge in [0.15, 0.2) is 17.7 Å². The van der Waals surface area contributed by atoms with E-state index in [0.29, 0.717) is 18.1 Å². The summed E-state index contributed by atoms with van der Waals surface area (Å²) in [5.74, 6) is 1.41. The van der Waals surface area contributed by atoms with Gasteiger partial charge in [0.1, 0.15) is 6.10 Å². The largest absolute Gasteiger partial charge is 0.493 e. The molecule has 5 rings (SSSR count). The van der Waals surface area contributed by atoms with Gasteiger partial charge in [-0.15, -0.1) is 0 Å². The van der Waals surface area contributed by atoms with Gasteiger partial charge < -0.3 is 14.2 Å². The fourth-order valence-corrected chi connectivity index (χ4v) is 3.60. The van der Waals surface area contributed by atoms with Crippen LogP contribution in [0.5, 0.6) is 11.5 Å². The molecule has 3 aromatic rings. The second kappa shape index (κ2) is 8.03. The minimum atomic E-state index is -0.114. The maximum atomic E-state index is 6.14. The molecule has 2 aliphatic heterocycles. The van der Waals surface area contributed by atoms with Crippen LogP contribution in [0.4, 0.5) is 0 Å². The molecule has 0 unspecified atom stereocenters. The number of methoxy groups -OCH3 is 1. The zero-order valence-corrected chi connectivity index (χ0v) is 16.5. The smallest absolute Gasteiger partial charge is 0.162 e.